The Balaban J connectivity index is 3.13. The van der Waals surface area contributed by atoms with Crippen LogP contribution in [0.15, 0.2) is 23.8 Å². The van der Waals surface area contributed by atoms with Crippen LogP contribution in [-0.4, -0.2) is 0 Å². The minimum Gasteiger partial charge on any atom is -0.205 e. The molecule has 0 spiro atoms. The standard InChI is InChI=1S/C10H4ClFN2/c11-9-4-7(1-2-10(9)12)3-8(5-13)6-14/h1-4H. The van der Waals surface area contributed by atoms with Gasteiger partial charge in [-0.1, -0.05) is 17.7 Å². The molecule has 0 bridgehead atoms. The van der Waals surface area contributed by atoms with Crippen molar-refractivity contribution in [1.82, 2.24) is 0 Å². The van der Waals surface area contributed by atoms with Crippen molar-refractivity contribution < 1.29 is 4.39 Å². The monoisotopic (exact) mass is 206 g/mol. The number of halogens is 2. The van der Waals surface area contributed by atoms with Gasteiger partial charge in [-0.3, -0.25) is 0 Å². The lowest BCUT2D eigenvalue weighted by Crippen LogP contribution is -1.80. The molecule has 0 aliphatic rings. The Hall–Kier alpha value is -1.84. The van der Waals surface area contributed by atoms with Gasteiger partial charge in [-0.25, -0.2) is 4.39 Å². The number of benzene rings is 1. The zero-order chi connectivity index (χ0) is 10.6. The molecule has 0 fully saturated rings. The molecule has 0 heterocycles. The van der Waals surface area contributed by atoms with Gasteiger partial charge in [-0.05, 0) is 23.8 Å². The van der Waals surface area contributed by atoms with Crippen LogP contribution in [0, 0.1) is 28.5 Å². The third-order valence-electron chi connectivity index (χ3n) is 1.50. The van der Waals surface area contributed by atoms with Crippen LogP contribution in [0.4, 0.5) is 4.39 Å². The van der Waals surface area contributed by atoms with Gasteiger partial charge >= 0.3 is 0 Å². The summed E-state index contributed by atoms with van der Waals surface area (Å²) >= 11 is 5.51. The van der Waals surface area contributed by atoms with Crippen molar-refractivity contribution in [2.24, 2.45) is 0 Å². The normalized spacial score (nSPS) is 8.57. The fourth-order valence-corrected chi connectivity index (χ4v) is 1.05. The third kappa shape index (κ3) is 2.32. The van der Waals surface area contributed by atoms with E-state index in [-0.39, 0.29) is 10.6 Å². The molecule has 1 rings (SSSR count). The second kappa shape index (κ2) is 4.41. The predicted molar refractivity (Wildman–Crippen MR) is 50.6 cm³/mol. The minimum atomic E-state index is -0.528. The van der Waals surface area contributed by atoms with Crippen molar-refractivity contribution in [2.45, 2.75) is 0 Å². The van der Waals surface area contributed by atoms with E-state index in [0.29, 0.717) is 5.56 Å². The van der Waals surface area contributed by atoms with E-state index in [1.165, 1.54) is 24.3 Å². The van der Waals surface area contributed by atoms with Crippen LogP contribution >= 0.6 is 11.6 Å². The zero-order valence-corrected chi connectivity index (χ0v) is 7.72. The molecule has 0 radical (unpaired) electrons. The van der Waals surface area contributed by atoms with Crippen LogP contribution in [0.25, 0.3) is 6.08 Å². The summed E-state index contributed by atoms with van der Waals surface area (Å²) in [6, 6.07) is 7.37. The molecule has 0 aliphatic carbocycles. The highest BCUT2D eigenvalue weighted by atomic mass is 35.5. The second-order valence-electron chi connectivity index (χ2n) is 2.46. The molecule has 0 aromatic heterocycles. The second-order valence-corrected chi connectivity index (χ2v) is 2.86. The summed E-state index contributed by atoms with van der Waals surface area (Å²) in [4.78, 5) is 0. The van der Waals surface area contributed by atoms with Crippen LogP contribution in [0.3, 0.4) is 0 Å². The van der Waals surface area contributed by atoms with E-state index >= 15 is 0 Å². The van der Waals surface area contributed by atoms with Crippen LogP contribution in [-0.2, 0) is 0 Å². The van der Waals surface area contributed by atoms with Crippen LogP contribution in [0.5, 0.6) is 0 Å². The van der Waals surface area contributed by atoms with Crippen LogP contribution in [0.1, 0.15) is 5.56 Å². The molecular weight excluding hydrogens is 203 g/mol. The Morgan fingerprint density at radius 3 is 2.50 bits per heavy atom. The Kier molecular flexibility index (Phi) is 3.23. The first-order chi connectivity index (χ1) is 6.67. The van der Waals surface area contributed by atoms with Crippen molar-refractivity contribution >= 4 is 17.7 Å². The van der Waals surface area contributed by atoms with Crippen molar-refractivity contribution in [3.63, 3.8) is 0 Å². The van der Waals surface area contributed by atoms with Gasteiger partial charge in [0.05, 0.1) is 5.02 Å². The predicted octanol–water partition coefficient (Wildman–Crippen LogP) is 2.91. The highest BCUT2D eigenvalue weighted by molar-refractivity contribution is 6.30. The first kappa shape index (κ1) is 10.2. The summed E-state index contributed by atoms with van der Waals surface area (Å²) in [5, 5.41) is 16.9. The summed E-state index contributed by atoms with van der Waals surface area (Å²) in [6.07, 6.45) is 1.34. The number of rotatable bonds is 1. The highest BCUT2D eigenvalue weighted by Crippen LogP contribution is 2.17. The summed E-state index contributed by atoms with van der Waals surface area (Å²) in [6.45, 7) is 0. The molecule has 0 N–H and O–H groups in total. The molecule has 0 unspecified atom stereocenters. The molecule has 2 nitrogen and oxygen atoms in total. The molecule has 0 atom stereocenters. The average molecular weight is 207 g/mol. The smallest absolute Gasteiger partial charge is 0.141 e. The number of nitrogens with zero attached hydrogens (tertiary/aromatic N) is 2. The topological polar surface area (TPSA) is 47.6 Å². The molecular formula is C10H4ClFN2. The molecule has 14 heavy (non-hydrogen) atoms. The molecule has 0 saturated carbocycles. The van der Waals surface area contributed by atoms with Gasteiger partial charge in [0.1, 0.15) is 23.5 Å². The fourth-order valence-electron chi connectivity index (χ4n) is 0.858. The maximum Gasteiger partial charge on any atom is 0.141 e. The molecule has 4 heteroatoms. The maximum atomic E-state index is 12.7. The van der Waals surface area contributed by atoms with E-state index in [2.05, 4.69) is 0 Å². The fraction of sp³-hybridized carbons (Fsp3) is 0. The van der Waals surface area contributed by atoms with E-state index in [4.69, 9.17) is 22.1 Å². The molecule has 68 valence electrons. The number of nitriles is 2. The van der Waals surface area contributed by atoms with Gasteiger partial charge in [0.25, 0.3) is 0 Å². The Morgan fingerprint density at radius 1 is 1.36 bits per heavy atom. The minimum absolute atomic E-state index is 0.0334. The van der Waals surface area contributed by atoms with Gasteiger partial charge in [-0.2, -0.15) is 10.5 Å². The summed E-state index contributed by atoms with van der Waals surface area (Å²) in [7, 11) is 0. The molecule has 1 aromatic rings. The van der Waals surface area contributed by atoms with E-state index in [1.54, 1.807) is 12.1 Å². The van der Waals surface area contributed by atoms with Gasteiger partial charge < -0.3 is 0 Å². The molecule has 0 aliphatic heterocycles. The summed E-state index contributed by atoms with van der Waals surface area (Å²) < 4.78 is 12.7. The van der Waals surface area contributed by atoms with Gasteiger partial charge in [-0.15, -0.1) is 0 Å². The number of hydrogen-bond acceptors (Lipinski definition) is 2. The molecule has 1 aromatic carbocycles. The largest absolute Gasteiger partial charge is 0.205 e. The molecule has 0 amide bonds. The maximum absolute atomic E-state index is 12.7. The van der Waals surface area contributed by atoms with E-state index < -0.39 is 5.82 Å². The van der Waals surface area contributed by atoms with E-state index in [9.17, 15) is 4.39 Å². The summed E-state index contributed by atoms with van der Waals surface area (Å²) in [5.41, 5.74) is 0.474. The van der Waals surface area contributed by atoms with Crippen LogP contribution in [0.2, 0.25) is 5.02 Å². The number of allylic oxidation sites excluding steroid dienone is 1. The SMILES string of the molecule is N#CC(C#N)=Cc1ccc(F)c(Cl)c1. The lowest BCUT2D eigenvalue weighted by molar-refractivity contribution is 0.628. The first-order valence-electron chi connectivity index (χ1n) is 3.64. The lowest BCUT2D eigenvalue weighted by Gasteiger charge is -1.95. The first-order valence-corrected chi connectivity index (χ1v) is 4.02. The van der Waals surface area contributed by atoms with Gasteiger partial charge in [0.15, 0.2) is 0 Å². The zero-order valence-electron chi connectivity index (χ0n) is 6.96. The third-order valence-corrected chi connectivity index (χ3v) is 1.79. The van der Waals surface area contributed by atoms with Gasteiger partial charge in [0, 0.05) is 0 Å². The number of hydrogen-bond donors (Lipinski definition) is 0. The quantitative estimate of drug-likeness (QED) is 0.664. The lowest BCUT2D eigenvalue weighted by atomic mass is 10.1. The molecule has 0 saturated heterocycles. The van der Waals surface area contributed by atoms with Crippen molar-refractivity contribution in [3.05, 3.63) is 40.2 Å². The Bertz CT molecular complexity index is 450. The van der Waals surface area contributed by atoms with Crippen molar-refractivity contribution in [3.8, 4) is 12.1 Å². The average Bonchev–Trinajstić information content (AvgIpc) is 2.19. The van der Waals surface area contributed by atoms with E-state index in [0.717, 1.165) is 0 Å². The van der Waals surface area contributed by atoms with E-state index in [1.807, 2.05) is 0 Å². The van der Waals surface area contributed by atoms with Crippen LogP contribution < -0.4 is 0 Å². The Labute approximate surface area is 85.5 Å². The van der Waals surface area contributed by atoms with Gasteiger partial charge in [0.2, 0.25) is 0 Å². The van der Waals surface area contributed by atoms with Crippen molar-refractivity contribution in [1.29, 1.82) is 10.5 Å². The summed E-state index contributed by atoms with van der Waals surface area (Å²) in [5.74, 6) is -0.528. The van der Waals surface area contributed by atoms with Crippen molar-refractivity contribution in [2.75, 3.05) is 0 Å². The Morgan fingerprint density at radius 2 is 2.00 bits per heavy atom. The highest BCUT2D eigenvalue weighted by Gasteiger charge is 2.00.